The number of rotatable bonds is 7. The zero-order chi connectivity index (χ0) is 19.2. The van der Waals surface area contributed by atoms with Crippen LogP contribution in [0.4, 0.5) is 0 Å². The highest BCUT2D eigenvalue weighted by Gasteiger charge is 2.11. The molecule has 1 heterocycles. The Morgan fingerprint density at radius 1 is 1.07 bits per heavy atom. The van der Waals surface area contributed by atoms with Gasteiger partial charge in [0.15, 0.2) is 12.4 Å². The number of Topliss-reactive ketones (excluding diaryl/α,β-unsaturated/α-hetero) is 1. The molecular formula is C20H18N2O5. The molecule has 2 aromatic carbocycles. The average Bonchev–Trinajstić information content (AvgIpc) is 2.70. The van der Waals surface area contributed by atoms with Gasteiger partial charge in [-0.2, -0.15) is 0 Å². The first-order chi connectivity index (χ1) is 13.1. The molecule has 7 nitrogen and oxygen atoms in total. The predicted octanol–water partition coefficient (Wildman–Crippen LogP) is 2.29. The monoisotopic (exact) mass is 366 g/mol. The Morgan fingerprint density at radius 2 is 1.81 bits per heavy atom. The standard InChI is InChI=1S/C20H18N2O5/c1-26-14-8-6-13(7-9-14)17(23)12-27-19(24)11-10-18-21-16-5-3-2-4-15(16)20(25)22-18/h2-9H,10-12H2,1H3,(H,21,22,25). The Hall–Kier alpha value is -3.48. The molecule has 0 atom stereocenters. The van der Waals surface area contributed by atoms with Gasteiger partial charge in [-0.15, -0.1) is 0 Å². The van der Waals surface area contributed by atoms with E-state index in [0.717, 1.165) is 0 Å². The summed E-state index contributed by atoms with van der Waals surface area (Å²) in [5, 5.41) is 0.494. The number of esters is 1. The fourth-order valence-corrected chi connectivity index (χ4v) is 2.55. The summed E-state index contributed by atoms with van der Waals surface area (Å²) in [5.74, 6) is 0.202. The van der Waals surface area contributed by atoms with Gasteiger partial charge in [-0.3, -0.25) is 14.4 Å². The zero-order valence-electron chi connectivity index (χ0n) is 14.7. The molecule has 0 unspecified atom stereocenters. The Kier molecular flexibility index (Phi) is 5.61. The molecule has 1 N–H and O–H groups in total. The minimum Gasteiger partial charge on any atom is -0.497 e. The minimum absolute atomic E-state index is 0.0111. The number of ketones is 1. The van der Waals surface area contributed by atoms with Crippen molar-refractivity contribution < 1.29 is 19.1 Å². The molecule has 0 radical (unpaired) electrons. The van der Waals surface area contributed by atoms with E-state index in [9.17, 15) is 14.4 Å². The topological polar surface area (TPSA) is 98.3 Å². The van der Waals surface area contributed by atoms with Gasteiger partial charge in [-0.05, 0) is 36.4 Å². The molecule has 0 bridgehead atoms. The van der Waals surface area contributed by atoms with E-state index in [0.29, 0.717) is 28.0 Å². The van der Waals surface area contributed by atoms with Gasteiger partial charge in [0, 0.05) is 12.0 Å². The van der Waals surface area contributed by atoms with Gasteiger partial charge in [0.25, 0.3) is 5.56 Å². The fourth-order valence-electron chi connectivity index (χ4n) is 2.55. The van der Waals surface area contributed by atoms with Crippen molar-refractivity contribution in [1.82, 2.24) is 9.97 Å². The summed E-state index contributed by atoms with van der Waals surface area (Å²) >= 11 is 0. The van der Waals surface area contributed by atoms with Crippen molar-refractivity contribution >= 4 is 22.7 Å². The van der Waals surface area contributed by atoms with Crippen molar-refractivity contribution in [3.05, 3.63) is 70.3 Å². The summed E-state index contributed by atoms with van der Waals surface area (Å²) in [6, 6.07) is 13.5. The molecule has 1 aromatic heterocycles. The van der Waals surface area contributed by atoms with Crippen LogP contribution in [0, 0.1) is 0 Å². The highest BCUT2D eigenvalue weighted by atomic mass is 16.5. The number of methoxy groups -OCH3 is 1. The molecule has 0 saturated carbocycles. The first-order valence-corrected chi connectivity index (χ1v) is 8.37. The Morgan fingerprint density at radius 3 is 2.56 bits per heavy atom. The largest absolute Gasteiger partial charge is 0.497 e. The molecule has 0 saturated heterocycles. The summed E-state index contributed by atoms with van der Waals surface area (Å²) in [6.07, 6.45) is 0.229. The van der Waals surface area contributed by atoms with Gasteiger partial charge in [0.05, 0.1) is 24.4 Å². The van der Waals surface area contributed by atoms with E-state index in [1.165, 1.54) is 7.11 Å². The van der Waals surface area contributed by atoms with Crippen LogP contribution < -0.4 is 10.3 Å². The Balaban J connectivity index is 1.53. The summed E-state index contributed by atoms with van der Waals surface area (Å²) in [6.45, 7) is -0.340. The van der Waals surface area contributed by atoms with Crippen LogP contribution in [0.5, 0.6) is 5.75 Å². The lowest BCUT2D eigenvalue weighted by Crippen LogP contribution is -2.16. The third kappa shape index (κ3) is 4.58. The molecule has 0 aliphatic heterocycles. The second-order valence-corrected chi connectivity index (χ2v) is 5.84. The Labute approximate surface area is 155 Å². The first kappa shape index (κ1) is 18.3. The number of fused-ring (bicyclic) bond motifs is 1. The van der Waals surface area contributed by atoms with Crippen LogP contribution >= 0.6 is 0 Å². The summed E-state index contributed by atoms with van der Waals surface area (Å²) in [7, 11) is 1.54. The second-order valence-electron chi connectivity index (χ2n) is 5.84. The molecule has 0 aliphatic rings. The number of ether oxygens (including phenoxy) is 2. The molecule has 27 heavy (non-hydrogen) atoms. The van der Waals surface area contributed by atoms with Crippen LogP contribution in [0.2, 0.25) is 0 Å². The number of nitrogens with one attached hydrogen (secondary N) is 1. The second kappa shape index (κ2) is 8.27. The molecule has 138 valence electrons. The minimum atomic E-state index is -0.535. The van der Waals surface area contributed by atoms with Crippen LogP contribution in [-0.4, -0.2) is 35.4 Å². The number of hydrogen-bond acceptors (Lipinski definition) is 6. The molecule has 0 amide bonds. The summed E-state index contributed by atoms with van der Waals surface area (Å²) in [4.78, 5) is 42.9. The smallest absolute Gasteiger partial charge is 0.306 e. The van der Waals surface area contributed by atoms with Crippen molar-refractivity contribution in [2.75, 3.05) is 13.7 Å². The average molecular weight is 366 g/mol. The van der Waals surface area contributed by atoms with Crippen molar-refractivity contribution in [2.24, 2.45) is 0 Å². The predicted molar refractivity (Wildman–Crippen MR) is 99.0 cm³/mol. The maximum atomic E-state index is 12.0. The molecule has 0 aliphatic carbocycles. The number of nitrogens with zero attached hydrogens (tertiary/aromatic N) is 1. The van der Waals surface area contributed by atoms with Crippen molar-refractivity contribution in [3.8, 4) is 5.75 Å². The third-order valence-electron chi connectivity index (χ3n) is 4.00. The number of hydrogen-bond donors (Lipinski definition) is 1. The van der Waals surface area contributed by atoms with E-state index < -0.39 is 5.97 Å². The van der Waals surface area contributed by atoms with Crippen molar-refractivity contribution in [3.63, 3.8) is 0 Å². The fraction of sp³-hybridized carbons (Fsp3) is 0.200. The van der Waals surface area contributed by atoms with Crippen LogP contribution in [-0.2, 0) is 16.0 Å². The number of aryl methyl sites for hydroxylation is 1. The third-order valence-corrected chi connectivity index (χ3v) is 4.00. The first-order valence-electron chi connectivity index (χ1n) is 8.37. The number of aromatic amines is 1. The van der Waals surface area contributed by atoms with E-state index in [1.807, 2.05) is 0 Å². The normalized spacial score (nSPS) is 10.6. The molecule has 7 heteroatoms. The summed E-state index contributed by atoms with van der Waals surface area (Å²) in [5.41, 5.74) is 0.752. The lowest BCUT2D eigenvalue weighted by Gasteiger charge is -2.06. The number of para-hydroxylation sites is 1. The van der Waals surface area contributed by atoms with Gasteiger partial charge >= 0.3 is 5.97 Å². The number of benzene rings is 2. The molecule has 3 aromatic rings. The van der Waals surface area contributed by atoms with E-state index in [1.54, 1.807) is 48.5 Å². The van der Waals surface area contributed by atoms with E-state index in [4.69, 9.17) is 9.47 Å². The molecule has 0 fully saturated rings. The summed E-state index contributed by atoms with van der Waals surface area (Å²) < 4.78 is 10.0. The highest BCUT2D eigenvalue weighted by Crippen LogP contribution is 2.12. The van der Waals surface area contributed by atoms with Gasteiger partial charge in [-0.25, -0.2) is 4.98 Å². The van der Waals surface area contributed by atoms with Gasteiger partial charge < -0.3 is 14.5 Å². The lowest BCUT2D eigenvalue weighted by molar-refractivity contribution is -0.142. The number of H-pyrrole nitrogens is 1. The van der Waals surface area contributed by atoms with Crippen LogP contribution in [0.15, 0.2) is 53.3 Å². The van der Waals surface area contributed by atoms with Crippen molar-refractivity contribution in [1.29, 1.82) is 0 Å². The Bertz CT molecular complexity index is 1020. The lowest BCUT2D eigenvalue weighted by atomic mass is 10.1. The molecular weight excluding hydrogens is 348 g/mol. The zero-order valence-corrected chi connectivity index (χ0v) is 14.7. The van der Waals surface area contributed by atoms with Crippen molar-refractivity contribution in [2.45, 2.75) is 12.8 Å². The molecule has 3 rings (SSSR count). The number of carbonyl (C=O) groups is 2. The van der Waals surface area contributed by atoms with Gasteiger partial charge in [0.1, 0.15) is 11.6 Å². The van der Waals surface area contributed by atoms with Crippen LogP contribution in [0.3, 0.4) is 0 Å². The van der Waals surface area contributed by atoms with E-state index in [-0.39, 0.29) is 30.8 Å². The maximum Gasteiger partial charge on any atom is 0.306 e. The SMILES string of the molecule is COc1ccc(C(=O)COC(=O)CCc2nc3ccccc3c(=O)[nH]2)cc1. The molecule has 0 spiro atoms. The van der Waals surface area contributed by atoms with Gasteiger partial charge in [0.2, 0.25) is 0 Å². The van der Waals surface area contributed by atoms with Crippen LogP contribution in [0.1, 0.15) is 22.6 Å². The van der Waals surface area contributed by atoms with Gasteiger partial charge in [-0.1, -0.05) is 12.1 Å². The number of aromatic nitrogens is 2. The van der Waals surface area contributed by atoms with Crippen LogP contribution in [0.25, 0.3) is 10.9 Å². The van der Waals surface area contributed by atoms with E-state index in [2.05, 4.69) is 9.97 Å². The number of carbonyl (C=O) groups excluding carboxylic acids is 2. The highest BCUT2D eigenvalue weighted by molar-refractivity contribution is 5.98. The van der Waals surface area contributed by atoms with E-state index >= 15 is 0 Å². The quantitative estimate of drug-likeness (QED) is 0.509. The maximum absolute atomic E-state index is 12.0.